The fourth-order valence-electron chi connectivity index (χ4n) is 0.756. The molecule has 3 unspecified atom stereocenters. The minimum absolute atomic E-state index is 1.01. The zero-order chi connectivity index (χ0) is 11.5. The predicted octanol–water partition coefficient (Wildman–Crippen LogP) is -4.27. The van der Waals surface area contributed by atoms with E-state index >= 15 is 0 Å². The van der Waals surface area contributed by atoms with Crippen molar-refractivity contribution < 1.29 is 37.5 Å². The monoisotopic (exact) mass is 276 g/mol. The van der Waals surface area contributed by atoms with E-state index < -0.39 is 44.0 Å². The van der Waals surface area contributed by atoms with Gasteiger partial charge in [0.25, 0.3) is 0 Å². The van der Waals surface area contributed by atoms with Crippen molar-refractivity contribution in [2.45, 2.75) is 29.8 Å². The van der Waals surface area contributed by atoms with Crippen LogP contribution in [0.3, 0.4) is 0 Å². The second kappa shape index (κ2) is 5.24. The first kappa shape index (κ1) is 14.1. The molecule has 0 aliphatic rings. The van der Waals surface area contributed by atoms with Crippen molar-refractivity contribution in [3.63, 3.8) is 0 Å². The van der Waals surface area contributed by atoms with E-state index in [4.69, 9.17) is 33.7 Å². The summed E-state index contributed by atoms with van der Waals surface area (Å²) in [5.74, 6) is 0. The van der Waals surface area contributed by atoms with Gasteiger partial charge < -0.3 is 0 Å². The number of rotatable bonds is 5. The van der Waals surface area contributed by atoms with Crippen molar-refractivity contribution in [1.82, 2.24) is 0 Å². The van der Waals surface area contributed by atoms with E-state index in [2.05, 4.69) is 0 Å². The summed E-state index contributed by atoms with van der Waals surface area (Å²) in [6.07, 6.45) is -8.30. The van der Waals surface area contributed by atoms with E-state index in [1.54, 1.807) is 0 Å². The van der Waals surface area contributed by atoms with Gasteiger partial charge in [-0.1, -0.05) is 0 Å². The zero-order valence-electron chi connectivity index (χ0n) is 7.00. The van der Waals surface area contributed by atoms with Gasteiger partial charge in [-0.25, -0.2) is 0 Å². The van der Waals surface area contributed by atoms with Gasteiger partial charge in [0.2, 0.25) is 0 Å². The molecule has 0 fully saturated rings. The van der Waals surface area contributed by atoms with Crippen LogP contribution >= 0.6 is 0 Å². The minimum atomic E-state index is -5.12. The SMILES string of the molecule is O=[As](O)(O)CC(O)C(O)C(O)C(O)O. The quantitative estimate of drug-likeness (QED) is 0.196. The van der Waals surface area contributed by atoms with Gasteiger partial charge in [-0.15, -0.1) is 0 Å². The molecule has 0 heterocycles. The van der Waals surface area contributed by atoms with Crippen LogP contribution in [0, 0.1) is 0 Å². The van der Waals surface area contributed by atoms with Gasteiger partial charge in [0.1, 0.15) is 0 Å². The van der Waals surface area contributed by atoms with E-state index in [9.17, 15) is 3.74 Å². The van der Waals surface area contributed by atoms with Crippen molar-refractivity contribution in [3.8, 4) is 0 Å². The number of aliphatic hydroxyl groups excluding tert-OH is 4. The second-order valence-corrected chi connectivity index (χ2v) is 6.36. The van der Waals surface area contributed by atoms with E-state index in [1.807, 2.05) is 0 Å². The molecule has 0 spiro atoms. The maximum absolute atomic E-state index is 10.4. The van der Waals surface area contributed by atoms with E-state index in [-0.39, 0.29) is 0 Å². The summed E-state index contributed by atoms with van der Waals surface area (Å²) in [6.45, 7) is 0. The molecule has 0 saturated carbocycles. The summed E-state index contributed by atoms with van der Waals surface area (Å²) in [4.78, 5) is 0. The Morgan fingerprint density at radius 3 is 1.64 bits per heavy atom. The number of aliphatic hydroxyl groups is 5. The van der Waals surface area contributed by atoms with Gasteiger partial charge in [-0.3, -0.25) is 0 Å². The van der Waals surface area contributed by atoms with Crippen LogP contribution in [0.25, 0.3) is 0 Å². The molecule has 8 nitrogen and oxygen atoms in total. The summed E-state index contributed by atoms with van der Waals surface area (Å²) < 4.78 is 27.3. The van der Waals surface area contributed by atoms with E-state index in [0.29, 0.717) is 0 Å². The molecular weight excluding hydrogens is 263 g/mol. The fourth-order valence-corrected chi connectivity index (χ4v) is 2.23. The molecule has 9 heteroatoms. The molecule has 0 bridgehead atoms. The van der Waals surface area contributed by atoms with Crippen LogP contribution in [0.15, 0.2) is 0 Å². The Labute approximate surface area is 82.1 Å². The number of hydrogen-bond acceptors (Lipinski definition) is 6. The van der Waals surface area contributed by atoms with Crippen molar-refractivity contribution in [1.29, 1.82) is 0 Å². The van der Waals surface area contributed by atoms with Crippen LogP contribution in [0.4, 0.5) is 0 Å². The zero-order valence-corrected chi connectivity index (χ0v) is 8.88. The van der Waals surface area contributed by atoms with Crippen LogP contribution in [-0.2, 0) is 3.74 Å². The molecule has 0 saturated heterocycles. The average Bonchev–Trinajstić information content (AvgIpc) is 1.98. The molecule has 0 aliphatic heterocycles. The average molecular weight is 276 g/mol. The van der Waals surface area contributed by atoms with Crippen LogP contribution in [-0.4, -0.2) is 72.5 Å². The predicted molar refractivity (Wildman–Crippen MR) is 41.9 cm³/mol. The molecule has 86 valence electrons. The summed E-state index contributed by atoms with van der Waals surface area (Å²) >= 11 is -5.12. The van der Waals surface area contributed by atoms with Gasteiger partial charge in [0.05, 0.1) is 0 Å². The molecule has 0 aromatic carbocycles. The summed E-state index contributed by atoms with van der Waals surface area (Å²) in [7, 11) is 0. The second-order valence-electron chi connectivity index (χ2n) is 2.81. The molecule has 0 rings (SSSR count). The molecule has 0 aromatic heterocycles. The van der Waals surface area contributed by atoms with Gasteiger partial charge in [0, 0.05) is 0 Å². The van der Waals surface area contributed by atoms with Crippen LogP contribution < -0.4 is 0 Å². The van der Waals surface area contributed by atoms with E-state index in [1.165, 1.54) is 0 Å². The van der Waals surface area contributed by atoms with Crippen LogP contribution in [0.5, 0.6) is 0 Å². The molecule has 14 heavy (non-hydrogen) atoms. The fraction of sp³-hybridized carbons (Fsp3) is 1.00. The maximum atomic E-state index is 10.4. The normalized spacial score (nSPS) is 19.4. The third kappa shape index (κ3) is 5.08. The van der Waals surface area contributed by atoms with Gasteiger partial charge in [-0.05, 0) is 0 Å². The first-order valence-electron chi connectivity index (χ1n) is 3.60. The molecule has 0 radical (unpaired) electrons. The number of hydrogen-bond donors (Lipinski definition) is 7. The molecule has 3 atom stereocenters. The summed E-state index contributed by atoms with van der Waals surface area (Å²) in [5.41, 5.74) is 0. The van der Waals surface area contributed by atoms with Crippen LogP contribution in [0.2, 0.25) is 5.21 Å². The topological polar surface area (TPSA) is 159 Å². The Kier molecular flexibility index (Phi) is 5.27. The Morgan fingerprint density at radius 2 is 1.36 bits per heavy atom. The van der Waals surface area contributed by atoms with Crippen LogP contribution in [0.1, 0.15) is 0 Å². The summed E-state index contributed by atoms with van der Waals surface area (Å²) in [5, 5.41) is 42.5. The molecular formula is C5H13AsO8. The van der Waals surface area contributed by atoms with Crippen molar-refractivity contribution in [2.24, 2.45) is 0 Å². The first-order chi connectivity index (χ1) is 6.15. The first-order valence-corrected chi connectivity index (χ1v) is 7.37. The summed E-state index contributed by atoms with van der Waals surface area (Å²) in [6, 6.07) is 0. The Balaban J connectivity index is 4.25. The third-order valence-corrected chi connectivity index (χ3v) is 3.26. The van der Waals surface area contributed by atoms with Crippen molar-refractivity contribution in [2.75, 3.05) is 0 Å². The van der Waals surface area contributed by atoms with Gasteiger partial charge in [0.15, 0.2) is 0 Å². The molecule has 0 aromatic rings. The Hall–Kier alpha value is 0.0784. The van der Waals surface area contributed by atoms with Gasteiger partial charge in [-0.2, -0.15) is 0 Å². The Bertz CT molecular complexity index is 212. The molecule has 0 aliphatic carbocycles. The van der Waals surface area contributed by atoms with Crippen molar-refractivity contribution >= 4 is 14.2 Å². The van der Waals surface area contributed by atoms with Gasteiger partial charge >= 0.3 is 81.4 Å². The van der Waals surface area contributed by atoms with Crippen molar-refractivity contribution in [3.05, 3.63) is 0 Å². The molecule has 7 N–H and O–H groups in total. The Morgan fingerprint density at radius 1 is 0.929 bits per heavy atom. The van der Waals surface area contributed by atoms with E-state index in [0.717, 1.165) is 0 Å². The standard InChI is InChI=1S/C5H13AsO8/c7-2(1-6(12,13)14)3(8)4(9)5(10)11/h2-5,7-11H,1H2,(H2,12,13,14). The molecule has 0 amide bonds. The third-order valence-electron chi connectivity index (χ3n) is 1.47.